The number of carbonyl (C=O) groups is 2. The van der Waals surface area contributed by atoms with Gasteiger partial charge in [-0.15, -0.1) is 0 Å². The summed E-state index contributed by atoms with van der Waals surface area (Å²) >= 11 is 0.564. The third-order valence-corrected chi connectivity index (χ3v) is 5.21. The zero-order valence-electron chi connectivity index (χ0n) is 11.1. The lowest BCUT2D eigenvalue weighted by atomic mass is 10.1. The van der Waals surface area contributed by atoms with E-state index in [1.165, 1.54) is 4.90 Å². The van der Waals surface area contributed by atoms with E-state index in [4.69, 9.17) is 9.79 Å². The van der Waals surface area contributed by atoms with E-state index in [0.29, 0.717) is 35.6 Å². The van der Waals surface area contributed by atoms with E-state index >= 15 is 0 Å². The summed E-state index contributed by atoms with van der Waals surface area (Å²) in [4.78, 5) is 42.6. The Bertz CT molecular complexity index is 568. The highest BCUT2D eigenvalue weighted by atomic mass is 32.7. The van der Waals surface area contributed by atoms with Crippen molar-refractivity contribution < 1.29 is 23.9 Å². The van der Waals surface area contributed by atoms with Gasteiger partial charge >= 0.3 is 6.80 Å². The van der Waals surface area contributed by atoms with Gasteiger partial charge in [-0.25, -0.2) is 4.57 Å². The third kappa shape index (κ3) is 4.15. The Hall–Kier alpha value is -1.18. The first-order valence-corrected chi connectivity index (χ1v) is 9.46. The van der Waals surface area contributed by atoms with Crippen molar-refractivity contribution >= 4 is 30.0 Å². The molecule has 1 aliphatic heterocycles. The number of rotatable bonds is 7. The van der Waals surface area contributed by atoms with Crippen molar-refractivity contribution in [2.24, 2.45) is 0 Å². The maximum absolute atomic E-state index is 12.0. The van der Waals surface area contributed by atoms with Crippen molar-refractivity contribution in [2.45, 2.75) is 0 Å². The molecule has 2 amide bonds. The number of fused-ring (bicyclic) bond motifs is 1. The van der Waals surface area contributed by atoms with Gasteiger partial charge in [-0.3, -0.25) is 14.5 Å². The van der Waals surface area contributed by atoms with Gasteiger partial charge in [0.15, 0.2) is 0 Å². The van der Waals surface area contributed by atoms with E-state index in [9.17, 15) is 14.2 Å². The van der Waals surface area contributed by atoms with Gasteiger partial charge in [-0.2, -0.15) is 0 Å². The molecule has 21 heavy (non-hydrogen) atoms. The molecule has 1 heterocycles. The summed E-state index contributed by atoms with van der Waals surface area (Å²) in [5.41, 5.74) is 0.833. The summed E-state index contributed by atoms with van der Waals surface area (Å²) < 4.78 is 10.6. The van der Waals surface area contributed by atoms with Crippen LogP contribution in [0.3, 0.4) is 0 Å². The summed E-state index contributed by atoms with van der Waals surface area (Å²) in [5, 5.41) is 2.94. The Labute approximate surface area is 125 Å². The zero-order valence-corrected chi connectivity index (χ0v) is 12.8. The highest BCUT2D eigenvalue weighted by Gasteiger charge is 2.34. The van der Waals surface area contributed by atoms with Crippen LogP contribution in [-0.4, -0.2) is 51.9 Å². The van der Waals surface area contributed by atoms with Gasteiger partial charge in [0.2, 0.25) is 0 Å². The van der Waals surface area contributed by atoms with Crippen LogP contribution in [0.4, 0.5) is 0 Å². The molecule has 0 bridgehead atoms. The number of amides is 2. The number of hydrogen-bond donors (Lipinski definition) is 3. The van der Waals surface area contributed by atoms with E-state index < -0.39 is 6.80 Å². The fourth-order valence-corrected chi connectivity index (χ4v) is 3.46. The first-order chi connectivity index (χ1) is 9.90. The number of nitrogens with one attached hydrogen (secondary N) is 1. The van der Waals surface area contributed by atoms with E-state index in [0.717, 1.165) is 0 Å². The molecule has 1 aliphatic rings. The molecule has 9 heteroatoms. The van der Waals surface area contributed by atoms with Gasteiger partial charge in [0.05, 0.1) is 11.1 Å². The summed E-state index contributed by atoms with van der Waals surface area (Å²) in [6.45, 7) is -3.04. The summed E-state index contributed by atoms with van der Waals surface area (Å²) in [6.07, 6.45) is 0. The van der Waals surface area contributed by atoms with E-state index in [2.05, 4.69) is 5.32 Å². The number of carbonyl (C=O) groups excluding carboxylic acids is 2. The molecular weight excluding hydrogens is 315 g/mol. The predicted molar refractivity (Wildman–Crippen MR) is 79.2 cm³/mol. The van der Waals surface area contributed by atoms with Crippen molar-refractivity contribution in [3.63, 3.8) is 0 Å². The number of benzene rings is 1. The SMILES string of the molecule is O=C1c2ccccc2C(=O)N1CCNCCSP(=O)(O)O. The molecule has 0 unspecified atom stereocenters. The van der Waals surface area contributed by atoms with Gasteiger partial charge in [0, 0.05) is 25.4 Å². The standard InChI is InChI=1S/C12H15N2O5PS/c15-11-9-3-1-2-4-10(9)12(16)14(11)7-5-13-6-8-21-20(17,18)19/h1-4,13H,5-8H2,(H2,17,18,19). The van der Waals surface area contributed by atoms with Crippen molar-refractivity contribution in [3.05, 3.63) is 35.4 Å². The quantitative estimate of drug-likeness (QED) is 0.384. The van der Waals surface area contributed by atoms with Gasteiger partial charge in [0.25, 0.3) is 11.8 Å². The maximum atomic E-state index is 12.0. The van der Waals surface area contributed by atoms with Crippen molar-refractivity contribution in [1.29, 1.82) is 0 Å². The smallest absolute Gasteiger partial charge is 0.317 e. The molecule has 7 nitrogen and oxygen atoms in total. The molecule has 0 fully saturated rings. The molecule has 0 atom stereocenters. The molecule has 0 saturated carbocycles. The molecular formula is C12H15N2O5PS. The lowest BCUT2D eigenvalue weighted by Gasteiger charge is -2.14. The van der Waals surface area contributed by atoms with E-state index in [1.807, 2.05) is 0 Å². The Morgan fingerprint density at radius 1 is 1.10 bits per heavy atom. The minimum atomic E-state index is -4.04. The van der Waals surface area contributed by atoms with Crippen LogP contribution < -0.4 is 5.32 Å². The highest BCUT2D eigenvalue weighted by Crippen LogP contribution is 2.49. The average Bonchev–Trinajstić information content (AvgIpc) is 2.66. The predicted octanol–water partition coefficient (Wildman–Crippen LogP) is 0.698. The lowest BCUT2D eigenvalue weighted by Crippen LogP contribution is -2.36. The first-order valence-electron chi connectivity index (χ1n) is 6.26. The normalized spacial score (nSPS) is 14.7. The molecule has 2 rings (SSSR count). The zero-order chi connectivity index (χ0) is 15.5. The molecule has 0 saturated heterocycles. The van der Waals surface area contributed by atoms with E-state index in [1.54, 1.807) is 24.3 Å². The van der Waals surface area contributed by atoms with Gasteiger partial charge in [0.1, 0.15) is 0 Å². The number of hydrogen-bond acceptors (Lipinski definition) is 5. The van der Waals surface area contributed by atoms with Gasteiger partial charge in [-0.1, -0.05) is 12.1 Å². The van der Waals surface area contributed by atoms with Crippen molar-refractivity contribution in [2.75, 3.05) is 25.4 Å². The maximum Gasteiger partial charge on any atom is 0.384 e. The lowest BCUT2D eigenvalue weighted by molar-refractivity contribution is 0.0656. The molecule has 114 valence electrons. The molecule has 0 aliphatic carbocycles. The van der Waals surface area contributed by atoms with Crippen molar-refractivity contribution in [3.8, 4) is 0 Å². The Morgan fingerprint density at radius 2 is 1.67 bits per heavy atom. The van der Waals surface area contributed by atoms with Crippen LogP contribution in [0.25, 0.3) is 0 Å². The second kappa shape index (κ2) is 6.72. The van der Waals surface area contributed by atoms with E-state index in [-0.39, 0.29) is 24.1 Å². The first kappa shape index (κ1) is 16.2. The Balaban J connectivity index is 1.77. The molecule has 0 aromatic heterocycles. The number of imide groups is 1. The highest BCUT2D eigenvalue weighted by molar-refractivity contribution is 8.54. The third-order valence-electron chi connectivity index (χ3n) is 2.93. The van der Waals surface area contributed by atoms with Crippen LogP contribution in [0.1, 0.15) is 20.7 Å². The van der Waals surface area contributed by atoms with Crippen LogP contribution in [0.15, 0.2) is 24.3 Å². The van der Waals surface area contributed by atoms with Crippen LogP contribution in [0.5, 0.6) is 0 Å². The summed E-state index contributed by atoms with van der Waals surface area (Å²) in [7, 11) is 0. The fourth-order valence-electron chi connectivity index (χ4n) is 1.99. The molecule has 3 N–H and O–H groups in total. The largest absolute Gasteiger partial charge is 0.384 e. The number of nitrogens with zero attached hydrogens (tertiary/aromatic N) is 1. The minimum Gasteiger partial charge on any atom is -0.317 e. The Kier molecular flexibility index (Phi) is 5.18. The average molecular weight is 330 g/mol. The summed E-state index contributed by atoms with van der Waals surface area (Å²) in [5.74, 6) is -0.351. The second-order valence-corrected chi connectivity index (χ2v) is 8.23. The van der Waals surface area contributed by atoms with Crippen molar-refractivity contribution in [1.82, 2.24) is 10.2 Å². The van der Waals surface area contributed by atoms with Crippen LogP contribution in [0.2, 0.25) is 0 Å². The van der Waals surface area contributed by atoms with Crippen LogP contribution in [-0.2, 0) is 4.57 Å². The molecule has 1 aromatic rings. The molecule has 1 aromatic carbocycles. The Morgan fingerprint density at radius 3 is 2.19 bits per heavy atom. The topological polar surface area (TPSA) is 107 Å². The minimum absolute atomic E-state index is 0.229. The second-order valence-electron chi connectivity index (χ2n) is 4.38. The van der Waals surface area contributed by atoms with Gasteiger partial charge in [-0.05, 0) is 23.5 Å². The van der Waals surface area contributed by atoms with Gasteiger partial charge < -0.3 is 15.1 Å². The molecule has 0 spiro atoms. The molecule has 0 radical (unpaired) electrons. The fraction of sp³-hybridized carbons (Fsp3) is 0.333. The summed E-state index contributed by atoms with van der Waals surface area (Å²) in [6, 6.07) is 6.68. The van der Waals surface area contributed by atoms with Crippen LogP contribution >= 0.6 is 18.2 Å². The monoisotopic (exact) mass is 330 g/mol. The van der Waals surface area contributed by atoms with Crippen LogP contribution in [0, 0.1) is 0 Å².